The molecule has 2 saturated heterocycles. The number of halogens is 1. The van der Waals surface area contributed by atoms with Gasteiger partial charge >= 0.3 is 6.09 Å². The normalized spacial score (nSPS) is 23.8. The average Bonchev–Trinajstić information content (AvgIpc) is 3.66. The van der Waals surface area contributed by atoms with Gasteiger partial charge in [0.2, 0.25) is 5.91 Å². The van der Waals surface area contributed by atoms with Crippen molar-refractivity contribution in [2.45, 2.75) is 89.6 Å². The first-order valence-corrected chi connectivity index (χ1v) is 14.7. The van der Waals surface area contributed by atoms with Crippen LogP contribution in [-0.2, 0) is 22.5 Å². The maximum absolute atomic E-state index is 15.2. The van der Waals surface area contributed by atoms with Gasteiger partial charge in [0.05, 0.1) is 12.3 Å². The van der Waals surface area contributed by atoms with E-state index in [2.05, 4.69) is 28.4 Å². The second kappa shape index (κ2) is 11.8. The summed E-state index contributed by atoms with van der Waals surface area (Å²) in [6, 6.07) is 5.40. The molecule has 2 amide bonds. The maximum atomic E-state index is 15.2. The predicted octanol–water partition coefficient (Wildman–Crippen LogP) is 4.37. The fraction of sp³-hybridized carbons (Fsp3) is 0.613. The summed E-state index contributed by atoms with van der Waals surface area (Å²) in [4.78, 5) is 30.2. The Kier molecular flexibility index (Phi) is 8.37. The van der Waals surface area contributed by atoms with Gasteiger partial charge in [-0.05, 0) is 102 Å². The molecule has 3 fully saturated rings. The Labute approximate surface area is 241 Å². The molecule has 3 aliphatic rings. The standard InChI is InChI=1S/C31H41FN6O3/c1-31(2,3)41-30(40)38-26-8-7-23(14-26)28(38)29(39)35-25(16-33)13-22-6-5-21(15-27(22)32)24-17-34-37(19-24)18-20-9-11-36(4)12-10-20/h5-6,15,17,19-20,23,25-26,28H,7-14,18H2,1-4H3,(H,35,39)/t23?,25-,26?,28-/m0/s1. The molecular weight excluding hydrogens is 523 g/mol. The van der Waals surface area contributed by atoms with Crippen molar-refractivity contribution >= 4 is 12.0 Å². The summed E-state index contributed by atoms with van der Waals surface area (Å²) in [5.41, 5.74) is 1.22. The van der Waals surface area contributed by atoms with Gasteiger partial charge in [0.15, 0.2) is 0 Å². The maximum Gasteiger partial charge on any atom is 0.411 e. The van der Waals surface area contributed by atoms with Crippen molar-refractivity contribution in [3.8, 4) is 17.2 Å². The smallest absolute Gasteiger partial charge is 0.411 e. The van der Waals surface area contributed by atoms with E-state index >= 15 is 4.39 Å². The van der Waals surface area contributed by atoms with Crippen LogP contribution in [0, 0.1) is 29.0 Å². The van der Waals surface area contributed by atoms with Gasteiger partial charge in [0.25, 0.3) is 0 Å². The van der Waals surface area contributed by atoms with Crippen molar-refractivity contribution in [2.75, 3.05) is 20.1 Å². The Morgan fingerprint density at radius 1 is 1.20 bits per heavy atom. The quantitative estimate of drug-likeness (QED) is 0.536. The molecule has 4 atom stereocenters. The zero-order chi connectivity index (χ0) is 29.3. The first-order chi connectivity index (χ1) is 19.5. The number of carbonyl (C=O) groups is 2. The molecule has 2 aliphatic heterocycles. The molecule has 3 heterocycles. The Hall–Kier alpha value is -3.45. The number of hydrogen-bond donors (Lipinski definition) is 1. The van der Waals surface area contributed by atoms with Gasteiger partial charge in [0.1, 0.15) is 23.5 Å². The van der Waals surface area contributed by atoms with Crippen LogP contribution in [0.25, 0.3) is 11.1 Å². The zero-order valence-electron chi connectivity index (χ0n) is 24.5. The highest BCUT2D eigenvalue weighted by molar-refractivity contribution is 5.87. The Balaban J connectivity index is 1.21. The number of benzene rings is 1. The van der Waals surface area contributed by atoms with E-state index in [0.29, 0.717) is 17.0 Å². The average molecular weight is 565 g/mol. The number of ether oxygens (including phenoxy) is 1. The van der Waals surface area contributed by atoms with Gasteiger partial charge < -0.3 is 15.0 Å². The van der Waals surface area contributed by atoms with Crippen molar-refractivity contribution in [1.29, 1.82) is 5.26 Å². The minimum absolute atomic E-state index is 0.0248. The molecule has 0 spiro atoms. The molecule has 10 heteroatoms. The van der Waals surface area contributed by atoms with Crippen LogP contribution in [0.15, 0.2) is 30.6 Å². The first-order valence-electron chi connectivity index (χ1n) is 14.7. The largest absolute Gasteiger partial charge is 0.444 e. The number of likely N-dealkylation sites (tertiary alicyclic amines) is 2. The molecular formula is C31H41FN6O3. The Morgan fingerprint density at radius 3 is 2.63 bits per heavy atom. The number of carbonyl (C=O) groups excluding carboxylic acids is 2. The lowest BCUT2D eigenvalue weighted by atomic mass is 9.97. The predicted molar refractivity (Wildman–Crippen MR) is 152 cm³/mol. The van der Waals surface area contributed by atoms with Crippen LogP contribution in [-0.4, -0.2) is 75.4 Å². The molecule has 2 bridgehead atoms. The van der Waals surface area contributed by atoms with Crippen molar-refractivity contribution in [3.05, 3.63) is 42.0 Å². The fourth-order valence-corrected chi connectivity index (χ4v) is 6.52. The lowest BCUT2D eigenvalue weighted by molar-refractivity contribution is -0.128. The number of aromatic nitrogens is 2. The van der Waals surface area contributed by atoms with Gasteiger partial charge in [-0.15, -0.1) is 0 Å². The zero-order valence-corrected chi connectivity index (χ0v) is 24.5. The van der Waals surface area contributed by atoms with E-state index < -0.39 is 29.6 Å². The molecule has 2 aromatic rings. The number of piperidine rings is 2. The van der Waals surface area contributed by atoms with Crippen LogP contribution in [0.2, 0.25) is 0 Å². The number of fused-ring (bicyclic) bond motifs is 2. The van der Waals surface area contributed by atoms with E-state index in [0.717, 1.165) is 57.3 Å². The summed E-state index contributed by atoms with van der Waals surface area (Å²) >= 11 is 0. The Bertz CT molecular complexity index is 1310. The van der Waals surface area contributed by atoms with E-state index in [4.69, 9.17) is 4.74 Å². The van der Waals surface area contributed by atoms with Gasteiger partial charge in [-0.25, -0.2) is 9.18 Å². The number of nitriles is 1. The molecule has 9 nitrogen and oxygen atoms in total. The van der Waals surface area contributed by atoms with E-state index in [9.17, 15) is 14.9 Å². The third kappa shape index (κ3) is 6.72. The molecule has 0 radical (unpaired) electrons. The van der Waals surface area contributed by atoms with Crippen molar-refractivity contribution in [2.24, 2.45) is 11.8 Å². The van der Waals surface area contributed by atoms with E-state index in [1.54, 1.807) is 37.9 Å². The van der Waals surface area contributed by atoms with E-state index in [1.807, 2.05) is 16.9 Å². The van der Waals surface area contributed by atoms with Crippen molar-refractivity contribution in [1.82, 2.24) is 24.9 Å². The minimum Gasteiger partial charge on any atom is -0.444 e. The molecule has 1 saturated carbocycles. The molecule has 220 valence electrons. The van der Waals surface area contributed by atoms with Crippen LogP contribution < -0.4 is 5.32 Å². The summed E-state index contributed by atoms with van der Waals surface area (Å²) in [7, 11) is 2.15. The highest BCUT2D eigenvalue weighted by atomic mass is 19.1. The van der Waals surface area contributed by atoms with E-state index in [-0.39, 0.29) is 24.3 Å². The second-order valence-electron chi connectivity index (χ2n) is 13.0. The van der Waals surface area contributed by atoms with Crippen LogP contribution in [0.3, 0.4) is 0 Å². The molecule has 2 unspecified atom stereocenters. The summed E-state index contributed by atoms with van der Waals surface area (Å²) in [5, 5.41) is 17.1. The highest BCUT2D eigenvalue weighted by Gasteiger charge is 2.52. The third-order valence-electron chi connectivity index (χ3n) is 8.66. The minimum atomic E-state index is -0.931. The fourth-order valence-electron chi connectivity index (χ4n) is 6.52. The van der Waals surface area contributed by atoms with Gasteiger partial charge in [-0.3, -0.25) is 14.4 Å². The number of amides is 2. The summed E-state index contributed by atoms with van der Waals surface area (Å²) in [6.45, 7) is 8.43. The van der Waals surface area contributed by atoms with Gasteiger partial charge in [-0.1, -0.05) is 12.1 Å². The molecule has 41 heavy (non-hydrogen) atoms. The van der Waals surface area contributed by atoms with E-state index in [1.165, 1.54) is 6.07 Å². The number of rotatable bonds is 7. The second-order valence-corrected chi connectivity index (χ2v) is 13.0. The van der Waals surface area contributed by atoms with Crippen molar-refractivity contribution < 1.29 is 18.7 Å². The molecule has 5 rings (SSSR count). The first kappa shape index (κ1) is 29.1. The molecule has 1 aromatic carbocycles. The SMILES string of the molecule is CN1CCC(Cn2cc(-c3ccc(C[C@@H](C#N)NC(=O)[C@@H]4C5CCC(C5)N4C(=O)OC(C)(C)C)c(F)c3)cn2)CC1. The highest BCUT2D eigenvalue weighted by Crippen LogP contribution is 2.43. The molecule has 1 aromatic heterocycles. The number of hydrogen-bond acceptors (Lipinski definition) is 6. The van der Waals surface area contributed by atoms with Crippen molar-refractivity contribution in [3.63, 3.8) is 0 Å². The van der Waals surface area contributed by atoms with Gasteiger partial charge in [-0.2, -0.15) is 10.4 Å². The van der Waals surface area contributed by atoms with Crippen LogP contribution in [0.5, 0.6) is 0 Å². The molecule has 1 aliphatic carbocycles. The Morgan fingerprint density at radius 2 is 1.95 bits per heavy atom. The van der Waals surface area contributed by atoms with Gasteiger partial charge in [0, 0.05) is 30.8 Å². The lowest BCUT2D eigenvalue weighted by Crippen LogP contribution is -2.55. The monoisotopic (exact) mass is 564 g/mol. The summed E-state index contributed by atoms with van der Waals surface area (Å²) in [6.07, 6.45) is 7.96. The van der Waals surface area contributed by atoms with Crippen LogP contribution in [0.1, 0.15) is 58.4 Å². The lowest BCUT2D eigenvalue weighted by Gasteiger charge is -2.35. The van der Waals surface area contributed by atoms with Crippen LogP contribution in [0.4, 0.5) is 9.18 Å². The van der Waals surface area contributed by atoms with Crippen LogP contribution >= 0.6 is 0 Å². The summed E-state index contributed by atoms with van der Waals surface area (Å²) in [5.74, 6) is -0.200. The number of nitrogens with zero attached hydrogens (tertiary/aromatic N) is 5. The third-order valence-corrected chi connectivity index (χ3v) is 8.66. The summed E-state index contributed by atoms with van der Waals surface area (Å²) < 4.78 is 22.7. The number of nitrogens with one attached hydrogen (secondary N) is 1. The molecule has 1 N–H and O–H groups in total. The topological polar surface area (TPSA) is 103 Å².